The van der Waals surface area contributed by atoms with Crippen molar-refractivity contribution in [1.29, 1.82) is 0 Å². The Morgan fingerprint density at radius 1 is 1.17 bits per heavy atom. The maximum Gasteiger partial charge on any atom is 0.252 e. The topological polar surface area (TPSA) is 45.7 Å². The molecule has 7 heteroatoms. The second-order valence-electron chi connectivity index (χ2n) is 6.77. The molecule has 0 unspecified atom stereocenters. The lowest BCUT2D eigenvalue weighted by molar-refractivity contribution is -0.114. The van der Waals surface area contributed by atoms with Crippen molar-refractivity contribution < 1.29 is 13.9 Å². The van der Waals surface area contributed by atoms with Crippen LogP contribution in [0.2, 0.25) is 0 Å². The molecule has 5 nitrogen and oxygen atoms in total. The molecule has 29 heavy (non-hydrogen) atoms. The van der Waals surface area contributed by atoms with Crippen molar-refractivity contribution in [3.8, 4) is 0 Å². The van der Waals surface area contributed by atoms with Gasteiger partial charge in [-0.3, -0.25) is 14.6 Å². The van der Waals surface area contributed by atoms with E-state index in [4.69, 9.17) is 4.74 Å². The molecule has 1 aliphatic rings. The number of benzene rings is 2. The van der Waals surface area contributed by atoms with Gasteiger partial charge in [0.25, 0.3) is 5.91 Å². The van der Waals surface area contributed by atoms with Gasteiger partial charge in [-0.1, -0.05) is 47.7 Å². The normalized spacial score (nSPS) is 15.2. The summed E-state index contributed by atoms with van der Waals surface area (Å²) in [5.74, 6) is -0.535. The van der Waals surface area contributed by atoms with Crippen LogP contribution in [-0.4, -0.2) is 55.2 Å². The lowest BCUT2D eigenvalue weighted by Crippen LogP contribution is -2.42. The lowest BCUT2D eigenvalue weighted by atomic mass is 10.2. The lowest BCUT2D eigenvalue weighted by Gasteiger charge is -2.28. The number of ether oxygens (including phenoxy) is 1. The van der Waals surface area contributed by atoms with E-state index in [1.54, 1.807) is 23.1 Å². The van der Waals surface area contributed by atoms with Crippen molar-refractivity contribution in [2.45, 2.75) is 0 Å². The molecule has 0 spiro atoms. The summed E-state index contributed by atoms with van der Waals surface area (Å²) in [6, 6.07) is 14.5. The zero-order chi connectivity index (χ0) is 20.1. The van der Waals surface area contributed by atoms with Gasteiger partial charge >= 0.3 is 0 Å². The maximum absolute atomic E-state index is 14.1. The average Bonchev–Trinajstić information content (AvgIpc) is 3.19. The number of fused-ring (bicyclic) bond motifs is 1. The molecule has 1 fully saturated rings. The van der Waals surface area contributed by atoms with Crippen LogP contribution in [0.4, 0.5) is 9.52 Å². The first-order chi connectivity index (χ1) is 14.2. The van der Waals surface area contributed by atoms with E-state index in [0.29, 0.717) is 37.0 Å². The van der Waals surface area contributed by atoms with Crippen molar-refractivity contribution in [2.75, 3.05) is 44.3 Å². The number of nitrogens with zero attached hydrogens (tertiary/aromatic N) is 3. The van der Waals surface area contributed by atoms with Crippen LogP contribution < -0.4 is 4.90 Å². The predicted octanol–water partition coefficient (Wildman–Crippen LogP) is 3.81. The van der Waals surface area contributed by atoms with E-state index < -0.39 is 0 Å². The molecule has 1 aromatic heterocycles. The van der Waals surface area contributed by atoms with Gasteiger partial charge in [-0.25, -0.2) is 9.37 Å². The molecule has 0 radical (unpaired) electrons. The molecule has 2 heterocycles. The number of halogens is 1. The molecule has 0 N–H and O–H groups in total. The van der Waals surface area contributed by atoms with Gasteiger partial charge in [-0.15, -0.1) is 0 Å². The van der Waals surface area contributed by atoms with Gasteiger partial charge in [0.2, 0.25) is 0 Å². The second kappa shape index (κ2) is 9.26. The molecule has 4 rings (SSSR count). The number of anilines is 1. The minimum atomic E-state index is -0.370. The monoisotopic (exact) mass is 411 g/mol. The Balaban J connectivity index is 1.57. The molecular formula is C22H22FN3O2S. The van der Waals surface area contributed by atoms with Gasteiger partial charge in [-0.2, -0.15) is 0 Å². The van der Waals surface area contributed by atoms with Crippen LogP contribution in [0.1, 0.15) is 5.56 Å². The number of carbonyl (C=O) groups excluding carboxylic acids is 1. The third kappa shape index (κ3) is 4.87. The Labute approximate surface area is 173 Å². The third-order valence-electron chi connectivity index (χ3n) is 4.82. The number of hydrogen-bond donors (Lipinski definition) is 0. The summed E-state index contributed by atoms with van der Waals surface area (Å²) in [6.45, 7) is 4.29. The fourth-order valence-corrected chi connectivity index (χ4v) is 4.22. The first-order valence-electron chi connectivity index (χ1n) is 9.60. The van der Waals surface area contributed by atoms with Crippen molar-refractivity contribution in [3.63, 3.8) is 0 Å². The quantitative estimate of drug-likeness (QED) is 0.579. The molecule has 1 saturated heterocycles. The molecule has 1 aliphatic heterocycles. The summed E-state index contributed by atoms with van der Waals surface area (Å²) < 4.78 is 20.2. The minimum Gasteiger partial charge on any atom is -0.379 e. The van der Waals surface area contributed by atoms with Crippen LogP contribution in [-0.2, 0) is 9.53 Å². The highest BCUT2D eigenvalue weighted by molar-refractivity contribution is 7.22. The first-order valence-corrected chi connectivity index (χ1v) is 10.4. The van der Waals surface area contributed by atoms with E-state index in [1.807, 2.05) is 36.4 Å². The van der Waals surface area contributed by atoms with E-state index in [9.17, 15) is 9.18 Å². The highest BCUT2D eigenvalue weighted by Crippen LogP contribution is 2.30. The molecule has 0 atom stereocenters. The number of aromatic nitrogens is 1. The summed E-state index contributed by atoms with van der Waals surface area (Å²) in [5.41, 5.74) is 1.26. The first kappa shape index (κ1) is 19.7. The zero-order valence-corrected chi connectivity index (χ0v) is 16.8. The van der Waals surface area contributed by atoms with Gasteiger partial charge in [0.1, 0.15) is 11.3 Å². The van der Waals surface area contributed by atoms with Gasteiger partial charge in [0, 0.05) is 32.3 Å². The van der Waals surface area contributed by atoms with Gasteiger partial charge in [0.15, 0.2) is 5.13 Å². The standard InChI is InChI=1S/C22H22FN3O2S/c23-18-7-4-8-19-21(18)24-22(29-19)26(12-11-25-13-15-28-16-14-25)20(27)10-9-17-5-2-1-3-6-17/h1-10H,11-16H2. The van der Waals surface area contributed by atoms with Crippen molar-refractivity contribution >= 4 is 38.7 Å². The van der Waals surface area contributed by atoms with E-state index >= 15 is 0 Å². The summed E-state index contributed by atoms with van der Waals surface area (Å²) in [6.07, 6.45) is 3.34. The second-order valence-corrected chi connectivity index (χ2v) is 7.78. The van der Waals surface area contributed by atoms with Crippen LogP contribution >= 0.6 is 11.3 Å². The molecular weight excluding hydrogens is 389 g/mol. The smallest absolute Gasteiger partial charge is 0.252 e. The Bertz CT molecular complexity index is 1000. The van der Waals surface area contributed by atoms with Crippen LogP contribution in [0.5, 0.6) is 0 Å². The van der Waals surface area contributed by atoms with Gasteiger partial charge < -0.3 is 4.74 Å². The number of rotatable bonds is 6. The van der Waals surface area contributed by atoms with Crippen LogP contribution in [0.3, 0.4) is 0 Å². The van der Waals surface area contributed by atoms with Gasteiger partial charge in [-0.05, 0) is 23.8 Å². The van der Waals surface area contributed by atoms with Crippen LogP contribution in [0.15, 0.2) is 54.6 Å². The Morgan fingerprint density at radius 3 is 2.72 bits per heavy atom. The molecule has 150 valence electrons. The number of thiazole rings is 1. The molecule has 0 saturated carbocycles. The Hall–Kier alpha value is -2.61. The summed E-state index contributed by atoms with van der Waals surface area (Å²) in [7, 11) is 0. The van der Waals surface area contributed by atoms with Crippen molar-refractivity contribution in [3.05, 3.63) is 66.0 Å². The third-order valence-corrected chi connectivity index (χ3v) is 5.86. The van der Waals surface area contributed by atoms with E-state index in [2.05, 4.69) is 9.88 Å². The van der Waals surface area contributed by atoms with Gasteiger partial charge in [0.05, 0.1) is 17.9 Å². The van der Waals surface area contributed by atoms with Crippen LogP contribution in [0, 0.1) is 5.82 Å². The van der Waals surface area contributed by atoms with E-state index in [1.165, 1.54) is 17.4 Å². The summed E-state index contributed by atoms with van der Waals surface area (Å²) in [5, 5.41) is 0.515. The molecule has 3 aromatic rings. The molecule has 0 bridgehead atoms. The summed E-state index contributed by atoms with van der Waals surface area (Å²) in [4.78, 5) is 21.3. The fraction of sp³-hybridized carbons (Fsp3) is 0.273. The number of morpholine rings is 1. The number of hydrogen-bond acceptors (Lipinski definition) is 5. The SMILES string of the molecule is O=C(C=Cc1ccccc1)N(CCN1CCOCC1)c1nc2c(F)cccc2s1. The summed E-state index contributed by atoms with van der Waals surface area (Å²) >= 11 is 1.33. The number of para-hydroxylation sites is 1. The Morgan fingerprint density at radius 2 is 1.97 bits per heavy atom. The highest BCUT2D eigenvalue weighted by atomic mass is 32.1. The average molecular weight is 412 g/mol. The number of amides is 1. The Kier molecular flexibility index (Phi) is 6.29. The zero-order valence-electron chi connectivity index (χ0n) is 16.0. The van der Waals surface area contributed by atoms with Crippen LogP contribution in [0.25, 0.3) is 16.3 Å². The minimum absolute atomic E-state index is 0.165. The number of carbonyl (C=O) groups is 1. The van der Waals surface area contributed by atoms with Crippen molar-refractivity contribution in [1.82, 2.24) is 9.88 Å². The molecule has 1 amide bonds. The van der Waals surface area contributed by atoms with E-state index in [0.717, 1.165) is 23.4 Å². The van der Waals surface area contributed by atoms with E-state index in [-0.39, 0.29) is 11.7 Å². The maximum atomic E-state index is 14.1. The predicted molar refractivity (Wildman–Crippen MR) is 115 cm³/mol. The molecule has 0 aliphatic carbocycles. The fourth-order valence-electron chi connectivity index (χ4n) is 3.21. The largest absolute Gasteiger partial charge is 0.379 e. The highest BCUT2D eigenvalue weighted by Gasteiger charge is 2.21. The van der Waals surface area contributed by atoms with Crippen molar-refractivity contribution in [2.24, 2.45) is 0 Å². The molecule has 2 aromatic carbocycles.